The Bertz CT molecular complexity index is 241. The van der Waals surface area contributed by atoms with Crippen molar-refractivity contribution in [2.24, 2.45) is 0 Å². The lowest BCUT2D eigenvalue weighted by Gasteiger charge is -2.22. The standard InChI is InChI=1S/C10H16O3/c1-5-7-6-8(9(11)12-4)10(2,3)13-7/h6-7H,5H2,1-4H3. The zero-order valence-corrected chi connectivity index (χ0v) is 8.59. The number of rotatable bonds is 2. The third-order valence-electron chi connectivity index (χ3n) is 2.25. The van der Waals surface area contributed by atoms with Crippen LogP contribution in [0.25, 0.3) is 0 Å². The number of hydrogen-bond acceptors (Lipinski definition) is 3. The second-order valence-electron chi connectivity index (χ2n) is 3.65. The van der Waals surface area contributed by atoms with Crippen LogP contribution in [0.1, 0.15) is 27.2 Å². The fourth-order valence-electron chi connectivity index (χ4n) is 1.49. The molecule has 0 aromatic carbocycles. The van der Waals surface area contributed by atoms with E-state index in [9.17, 15) is 4.79 Å². The summed E-state index contributed by atoms with van der Waals surface area (Å²) in [6.07, 6.45) is 2.78. The SMILES string of the molecule is CCC1C=C(C(=O)OC)C(C)(C)O1. The van der Waals surface area contributed by atoms with Crippen molar-refractivity contribution in [1.82, 2.24) is 0 Å². The molecule has 0 saturated heterocycles. The van der Waals surface area contributed by atoms with E-state index in [0.29, 0.717) is 5.57 Å². The molecule has 0 radical (unpaired) electrons. The summed E-state index contributed by atoms with van der Waals surface area (Å²) < 4.78 is 10.3. The number of carbonyl (C=O) groups excluding carboxylic acids is 1. The second kappa shape index (κ2) is 3.50. The van der Waals surface area contributed by atoms with E-state index in [-0.39, 0.29) is 12.1 Å². The molecule has 1 atom stereocenters. The normalized spacial score (nSPS) is 25.5. The number of methoxy groups -OCH3 is 1. The summed E-state index contributed by atoms with van der Waals surface area (Å²) in [6.45, 7) is 5.79. The molecule has 0 amide bonds. The molecule has 0 aromatic rings. The Balaban J connectivity index is 2.86. The molecule has 13 heavy (non-hydrogen) atoms. The Kier molecular flexibility index (Phi) is 2.76. The van der Waals surface area contributed by atoms with Crippen LogP contribution in [0.3, 0.4) is 0 Å². The van der Waals surface area contributed by atoms with Gasteiger partial charge in [-0.1, -0.05) is 6.92 Å². The summed E-state index contributed by atoms with van der Waals surface area (Å²) >= 11 is 0. The average molecular weight is 184 g/mol. The fourth-order valence-corrected chi connectivity index (χ4v) is 1.49. The van der Waals surface area contributed by atoms with E-state index in [4.69, 9.17) is 4.74 Å². The highest BCUT2D eigenvalue weighted by Gasteiger charge is 2.37. The van der Waals surface area contributed by atoms with Gasteiger partial charge in [-0.2, -0.15) is 0 Å². The highest BCUT2D eigenvalue weighted by molar-refractivity contribution is 5.91. The minimum absolute atomic E-state index is 0.0455. The Morgan fingerprint density at radius 2 is 2.31 bits per heavy atom. The van der Waals surface area contributed by atoms with Gasteiger partial charge >= 0.3 is 5.97 Å². The van der Waals surface area contributed by atoms with Gasteiger partial charge in [-0.15, -0.1) is 0 Å². The third kappa shape index (κ3) is 1.91. The van der Waals surface area contributed by atoms with Crippen LogP contribution in [0.5, 0.6) is 0 Å². The molecule has 1 rings (SSSR count). The molecular formula is C10H16O3. The molecule has 0 spiro atoms. The van der Waals surface area contributed by atoms with Gasteiger partial charge in [0.05, 0.1) is 24.4 Å². The molecule has 0 fully saturated rings. The van der Waals surface area contributed by atoms with Crippen molar-refractivity contribution in [2.45, 2.75) is 38.9 Å². The molecule has 1 unspecified atom stereocenters. The van der Waals surface area contributed by atoms with Crippen LogP contribution in [-0.2, 0) is 14.3 Å². The molecule has 0 N–H and O–H groups in total. The lowest BCUT2D eigenvalue weighted by atomic mass is 9.99. The maximum Gasteiger partial charge on any atom is 0.336 e. The number of carbonyl (C=O) groups is 1. The van der Waals surface area contributed by atoms with Crippen LogP contribution < -0.4 is 0 Å². The van der Waals surface area contributed by atoms with Crippen LogP contribution >= 0.6 is 0 Å². The van der Waals surface area contributed by atoms with E-state index in [0.717, 1.165) is 6.42 Å². The average Bonchev–Trinajstić information content (AvgIpc) is 2.39. The van der Waals surface area contributed by atoms with Gasteiger partial charge in [-0.05, 0) is 26.3 Å². The summed E-state index contributed by atoms with van der Waals surface area (Å²) in [5, 5.41) is 0. The summed E-state index contributed by atoms with van der Waals surface area (Å²) in [4.78, 5) is 11.3. The van der Waals surface area contributed by atoms with Crippen LogP contribution in [0.2, 0.25) is 0 Å². The van der Waals surface area contributed by atoms with E-state index in [2.05, 4.69) is 4.74 Å². The fraction of sp³-hybridized carbons (Fsp3) is 0.700. The van der Waals surface area contributed by atoms with E-state index < -0.39 is 5.60 Å². The van der Waals surface area contributed by atoms with Crippen LogP contribution in [0, 0.1) is 0 Å². The zero-order valence-electron chi connectivity index (χ0n) is 8.59. The van der Waals surface area contributed by atoms with E-state index in [1.54, 1.807) is 0 Å². The molecule has 3 nitrogen and oxygen atoms in total. The summed E-state index contributed by atoms with van der Waals surface area (Å²) in [5.74, 6) is -0.291. The van der Waals surface area contributed by atoms with Crippen LogP contribution in [-0.4, -0.2) is 24.8 Å². The van der Waals surface area contributed by atoms with Gasteiger partial charge in [0.15, 0.2) is 0 Å². The summed E-state index contributed by atoms with van der Waals surface area (Å²) in [6, 6.07) is 0. The molecule has 0 aliphatic carbocycles. The number of hydrogen-bond donors (Lipinski definition) is 0. The Morgan fingerprint density at radius 1 is 1.69 bits per heavy atom. The zero-order chi connectivity index (χ0) is 10.1. The first-order valence-corrected chi connectivity index (χ1v) is 4.49. The van der Waals surface area contributed by atoms with Gasteiger partial charge in [-0.3, -0.25) is 0 Å². The van der Waals surface area contributed by atoms with E-state index in [1.807, 2.05) is 26.8 Å². The predicted octanol–water partition coefficient (Wildman–Crippen LogP) is 1.67. The Labute approximate surface area is 78.7 Å². The smallest absolute Gasteiger partial charge is 0.336 e. The van der Waals surface area contributed by atoms with Crippen molar-refractivity contribution >= 4 is 5.97 Å². The monoisotopic (exact) mass is 184 g/mol. The van der Waals surface area contributed by atoms with Crippen molar-refractivity contribution in [3.8, 4) is 0 Å². The topological polar surface area (TPSA) is 35.5 Å². The van der Waals surface area contributed by atoms with E-state index in [1.165, 1.54) is 7.11 Å². The molecule has 1 aliphatic heterocycles. The van der Waals surface area contributed by atoms with Gasteiger partial charge in [0, 0.05) is 0 Å². The molecular weight excluding hydrogens is 168 g/mol. The minimum atomic E-state index is -0.506. The summed E-state index contributed by atoms with van der Waals surface area (Å²) in [7, 11) is 1.39. The first kappa shape index (κ1) is 10.3. The highest BCUT2D eigenvalue weighted by atomic mass is 16.5. The van der Waals surface area contributed by atoms with Crippen molar-refractivity contribution in [1.29, 1.82) is 0 Å². The largest absolute Gasteiger partial charge is 0.466 e. The molecule has 74 valence electrons. The number of esters is 1. The van der Waals surface area contributed by atoms with Gasteiger partial charge in [0.25, 0.3) is 0 Å². The molecule has 1 heterocycles. The van der Waals surface area contributed by atoms with Crippen LogP contribution in [0.15, 0.2) is 11.6 Å². The van der Waals surface area contributed by atoms with Crippen LogP contribution in [0.4, 0.5) is 0 Å². The van der Waals surface area contributed by atoms with Gasteiger partial charge in [0.2, 0.25) is 0 Å². The maximum atomic E-state index is 11.3. The first-order chi connectivity index (χ1) is 6.01. The van der Waals surface area contributed by atoms with Gasteiger partial charge < -0.3 is 9.47 Å². The lowest BCUT2D eigenvalue weighted by molar-refractivity contribution is -0.138. The van der Waals surface area contributed by atoms with Gasteiger partial charge in [-0.25, -0.2) is 4.79 Å². The molecule has 3 heteroatoms. The molecule has 0 saturated carbocycles. The molecule has 1 aliphatic rings. The van der Waals surface area contributed by atoms with Crippen molar-refractivity contribution in [3.05, 3.63) is 11.6 Å². The third-order valence-corrected chi connectivity index (χ3v) is 2.25. The van der Waals surface area contributed by atoms with Crippen molar-refractivity contribution in [3.63, 3.8) is 0 Å². The van der Waals surface area contributed by atoms with Crippen molar-refractivity contribution in [2.75, 3.05) is 7.11 Å². The lowest BCUT2D eigenvalue weighted by Crippen LogP contribution is -2.28. The molecule has 0 aromatic heterocycles. The summed E-state index contributed by atoms with van der Waals surface area (Å²) in [5.41, 5.74) is 0.121. The second-order valence-corrected chi connectivity index (χ2v) is 3.65. The van der Waals surface area contributed by atoms with E-state index >= 15 is 0 Å². The van der Waals surface area contributed by atoms with Gasteiger partial charge in [0.1, 0.15) is 0 Å². The minimum Gasteiger partial charge on any atom is -0.466 e. The quantitative estimate of drug-likeness (QED) is 0.612. The highest BCUT2D eigenvalue weighted by Crippen LogP contribution is 2.31. The Hall–Kier alpha value is -0.830. The Morgan fingerprint density at radius 3 is 2.69 bits per heavy atom. The predicted molar refractivity (Wildman–Crippen MR) is 49.3 cm³/mol. The van der Waals surface area contributed by atoms with Crippen molar-refractivity contribution < 1.29 is 14.3 Å². The maximum absolute atomic E-state index is 11.3. The molecule has 0 bridgehead atoms. The number of ether oxygens (including phenoxy) is 2. The first-order valence-electron chi connectivity index (χ1n) is 4.49.